The molecule has 5 heteroatoms. The van der Waals surface area contributed by atoms with Gasteiger partial charge in [0, 0.05) is 32.3 Å². The number of nitrogens with zero attached hydrogens (tertiary/aromatic N) is 2. The van der Waals surface area contributed by atoms with Gasteiger partial charge in [0.1, 0.15) is 5.69 Å². The largest absolute Gasteiger partial charge is 0.481 e. The first-order valence-corrected chi connectivity index (χ1v) is 8.78. The number of likely N-dealkylation sites (tertiary alicyclic amines) is 1. The van der Waals surface area contributed by atoms with Crippen LogP contribution in [-0.2, 0) is 11.8 Å². The van der Waals surface area contributed by atoms with Gasteiger partial charge in [-0.3, -0.25) is 9.59 Å². The van der Waals surface area contributed by atoms with Crippen molar-refractivity contribution in [2.24, 2.45) is 13.0 Å². The summed E-state index contributed by atoms with van der Waals surface area (Å²) in [5.41, 5.74) is 2.78. The molecule has 2 heterocycles. The summed E-state index contributed by atoms with van der Waals surface area (Å²) in [4.78, 5) is 25.6. The van der Waals surface area contributed by atoms with Crippen LogP contribution in [0.5, 0.6) is 0 Å². The topological polar surface area (TPSA) is 62.5 Å². The van der Waals surface area contributed by atoms with Crippen molar-refractivity contribution < 1.29 is 14.7 Å². The van der Waals surface area contributed by atoms with Gasteiger partial charge in [-0.25, -0.2) is 0 Å². The highest BCUT2D eigenvalue weighted by atomic mass is 16.4. The van der Waals surface area contributed by atoms with Crippen LogP contribution in [0.1, 0.15) is 36.2 Å². The molecule has 0 unspecified atom stereocenters. The Morgan fingerprint density at radius 1 is 1.16 bits per heavy atom. The summed E-state index contributed by atoms with van der Waals surface area (Å²) in [5, 5.41) is 8.86. The number of carboxylic acid groups (broad SMARTS) is 1. The van der Waals surface area contributed by atoms with Crippen LogP contribution in [0, 0.1) is 5.92 Å². The molecule has 2 aromatic rings. The van der Waals surface area contributed by atoms with Crippen molar-refractivity contribution in [3.05, 3.63) is 48.2 Å². The summed E-state index contributed by atoms with van der Waals surface area (Å²) in [6.45, 7) is 1.40. The zero-order valence-electron chi connectivity index (χ0n) is 14.5. The Morgan fingerprint density at radius 3 is 2.64 bits per heavy atom. The van der Waals surface area contributed by atoms with Crippen LogP contribution in [0.2, 0.25) is 0 Å². The summed E-state index contributed by atoms with van der Waals surface area (Å²) in [6, 6.07) is 13.9. The number of carbonyl (C=O) groups excluding carboxylic acids is 1. The van der Waals surface area contributed by atoms with Gasteiger partial charge in [0.15, 0.2) is 0 Å². The second-order valence-corrected chi connectivity index (χ2v) is 6.72. The van der Waals surface area contributed by atoms with E-state index in [4.69, 9.17) is 5.11 Å². The third-order valence-corrected chi connectivity index (χ3v) is 4.98. The fourth-order valence-corrected chi connectivity index (χ4v) is 3.60. The van der Waals surface area contributed by atoms with E-state index in [1.54, 1.807) is 0 Å². The number of piperidine rings is 1. The second-order valence-electron chi connectivity index (χ2n) is 6.72. The summed E-state index contributed by atoms with van der Waals surface area (Å²) in [7, 11) is 1.92. The second kappa shape index (κ2) is 7.55. The average molecular weight is 340 g/mol. The first-order chi connectivity index (χ1) is 12.1. The molecular formula is C20H24N2O3. The van der Waals surface area contributed by atoms with E-state index in [2.05, 4.69) is 0 Å². The standard InChI is InChI=1S/C20H24N2O3/c1-21-17(16-7-3-2-4-8-16)10-11-18(21)20(25)22-13-5-6-15(14-22)9-12-19(23)24/h2-4,7-8,10-11,15H,5-6,9,12-14H2,1H3,(H,23,24)/t15-/m1/s1. The summed E-state index contributed by atoms with van der Waals surface area (Å²) in [5.74, 6) is -0.453. The van der Waals surface area contributed by atoms with E-state index in [9.17, 15) is 9.59 Å². The molecule has 1 saturated heterocycles. The summed E-state index contributed by atoms with van der Waals surface area (Å²) < 4.78 is 1.94. The minimum absolute atomic E-state index is 0.0321. The molecular weight excluding hydrogens is 316 g/mol. The molecule has 1 atom stereocenters. The van der Waals surface area contributed by atoms with Crippen LogP contribution < -0.4 is 0 Å². The first-order valence-electron chi connectivity index (χ1n) is 8.78. The van der Waals surface area contributed by atoms with Crippen LogP contribution in [0.3, 0.4) is 0 Å². The third kappa shape index (κ3) is 3.92. The normalized spacial score (nSPS) is 17.5. The molecule has 1 aromatic heterocycles. The molecule has 1 fully saturated rings. The molecule has 1 amide bonds. The zero-order valence-corrected chi connectivity index (χ0v) is 14.5. The zero-order chi connectivity index (χ0) is 17.8. The molecule has 0 bridgehead atoms. The predicted molar refractivity (Wildman–Crippen MR) is 96.3 cm³/mol. The van der Waals surface area contributed by atoms with Crippen molar-refractivity contribution in [1.29, 1.82) is 0 Å². The van der Waals surface area contributed by atoms with Gasteiger partial charge in [0.2, 0.25) is 0 Å². The minimum Gasteiger partial charge on any atom is -0.481 e. The number of amides is 1. The van der Waals surface area contributed by atoms with Gasteiger partial charge in [-0.05, 0) is 42.9 Å². The lowest BCUT2D eigenvalue weighted by Gasteiger charge is -2.32. The Labute approximate surface area is 147 Å². The number of hydrogen-bond acceptors (Lipinski definition) is 2. The van der Waals surface area contributed by atoms with Crippen LogP contribution in [0.25, 0.3) is 11.3 Å². The summed E-state index contributed by atoms with van der Waals surface area (Å²) in [6.07, 6.45) is 2.75. The van der Waals surface area contributed by atoms with Gasteiger partial charge in [-0.2, -0.15) is 0 Å². The molecule has 1 aliphatic rings. The van der Waals surface area contributed by atoms with Crippen molar-refractivity contribution in [3.8, 4) is 11.3 Å². The number of carboxylic acids is 1. The summed E-state index contributed by atoms with van der Waals surface area (Å²) >= 11 is 0. The lowest BCUT2D eigenvalue weighted by Crippen LogP contribution is -2.40. The molecule has 0 radical (unpaired) electrons. The van der Waals surface area contributed by atoms with Gasteiger partial charge in [-0.1, -0.05) is 30.3 Å². The maximum atomic E-state index is 12.9. The third-order valence-electron chi connectivity index (χ3n) is 4.98. The van der Waals surface area contributed by atoms with Crippen LogP contribution in [0.15, 0.2) is 42.5 Å². The highest BCUT2D eigenvalue weighted by Crippen LogP contribution is 2.25. The number of hydrogen-bond donors (Lipinski definition) is 1. The van der Waals surface area contributed by atoms with E-state index >= 15 is 0 Å². The molecule has 1 N–H and O–H groups in total. The first kappa shape index (κ1) is 17.3. The molecule has 1 aliphatic heterocycles. The Kier molecular flexibility index (Phi) is 5.22. The fraction of sp³-hybridized carbons (Fsp3) is 0.400. The van der Waals surface area contributed by atoms with Gasteiger partial charge in [-0.15, -0.1) is 0 Å². The minimum atomic E-state index is -0.765. The molecule has 0 saturated carbocycles. The van der Waals surface area contributed by atoms with Gasteiger partial charge in [0.25, 0.3) is 5.91 Å². The van der Waals surface area contributed by atoms with Gasteiger partial charge in [0.05, 0.1) is 0 Å². The maximum absolute atomic E-state index is 12.9. The molecule has 0 spiro atoms. The van der Waals surface area contributed by atoms with E-state index in [0.29, 0.717) is 18.7 Å². The van der Waals surface area contributed by atoms with E-state index in [1.165, 1.54) is 0 Å². The van der Waals surface area contributed by atoms with E-state index in [1.807, 2.05) is 59.0 Å². The Morgan fingerprint density at radius 2 is 1.92 bits per heavy atom. The highest BCUT2D eigenvalue weighted by molar-refractivity contribution is 5.94. The predicted octanol–water partition coefficient (Wildman–Crippen LogP) is 3.41. The number of benzene rings is 1. The van der Waals surface area contributed by atoms with Crippen LogP contribution >= 0.6 is 0 Å². The Hall–Kier alpha value is -2.56. The SMILES string of the molecule is Cn1c(C(=O)N2CCC[C@H](CCC(=O)O)C2)ccc1-c1ccccc1. The quantitative estimate of drug-likeness (QED) is 0.907. The number of carbonyl (C=O) groups is 2. The van der Waals surface area contributed by atoms with Crippen molar-refractivity contribution in [3.63, 3.8) is 0 Å². The van der Waals surface area contributed by atoms with Crippen LogP contribution in [-0.4, -0.2) is 39.5 Å². The van der Waals surface area contributed by atoms with Crippen LogP contribution in [0.4, 0.5) is 0 Å². The van der Waals surface area contributed by atoms with Crippen molar-refractivity contribution in [2.45, 2.75) is 25.7 Å². The smallest absolute Gasteiger partial charge is 0.303 e. The fourth-order valence-electron chi connectivity index (χ4n) is 3.60. The van der Waals surface area contributed by atoms with Crippen molar-refractivity contribution in [2.75, 3.05) is 13.1 Å². The molecule has 132 valence electrons. The average Bonchev–Trinajstić information content (AvgIpc) is 3.02. The van der Waals surface area contributed by atoms with E-state index in [-0.39, 0.29) is 18.2 Å². The van der Waals surface area contributed by atoms with Gasteiger partial charge >= 0.3 is 5.97 Å². The number of rotatable bonds is 5. The molecule has 25 heavy (non-hydrogen) atoms. The molecule has 1 aromatic carbocycles. The molecule has 5 nitrogen and oxygen atoms in total. The molecule has 3 rings (SSSR count). The van der Waals surface area contributed by atoms with E-state index < -0.39 is 5.97 Å². The number of aliphatic carboxylic acids is 1. The molecule has 0 aliphatic carbocycles. The van der Waals surface area contributed by atoms with Gasteiger partial charge < -0.3 is 14.6 Å². The Balaban J connectivity index is 1.73. The number of aromatic nitrogens is 1. The van der Waals surface area contributed by atoms with Crippen molar-refractivity contribution >= 4 is 11.9 Å². The maximum Gasteiger partial charge on any atom is 0.303 e. The monoisotopic (exact) mass is 340 g/mol. The Bertz CT molecular complexity index is 752. The lowest BCUT2D eigenvalue weighted by molar-refractivity contribution is -0.137. The highest BCUT2D eigenvalue weighted by Gasteiger charge is 2.26. The van der Waals surface area contributed by atoms with Crippen molar-refractivity contribution in [1.82, 2.24) is 9.47 Å². The van der Waals surface area contributed by atoms with E-state index in [0.717, 1.165) is 30.6 Å². The lowest BCUT2D eigenvalue weighted by atomic mass is 9.93.